The summed E-state index contributed by atoms with van der Waals surface area (Å²) in [5.41, 5.74) is -0.276. The van der Waals surface area contributed by atoms with E-state index in [1.165, 1.54) is 10.5 Å². The van der Waals surface area contributed by atoms with Gasteiger partial charge in [0.25, 0.3) is 5.56 Å². The SMILES string of the molecule is Cl.O=c1[nH]ccc2c(S(=O)(=O)N3CCCNCC3)cccc12. The van der Waals surface area contributed by atoms with Crippen LogP contribution in [0.2, 0.25) is 0 Å². The van der Waals surface area contributed by atoms with Crippen LogP contribution in [0.25, 0.3) is 10.8 Å². The summed E-state index contributed by atoms with van der Waals surface area (Å²) < 4.78 is 27.2. The number of aromatic amines is 1. The fourth-order valence-electron chi connectivity index (χ4n) is 2.62. The van der Waals surface area contributed by atoms with Crippen molar-refractivity contribution in [2.45, 2.75) is 11.3 Å². The number of hydrogen-bond donors (Lipinski definition) is 2. The molecule has 0 aliphatic carbocycles. The summed E-state index contributed by atoms with van der Waals surface area (Å²) in [6.45, 7) is 2.41. The highest BCUT2D eigenvalue weighted by Crippen LogP contribution is 2.24. The largest absolute Gasteiger partial charge is 0.329 e. The molecule has 0 saturated carbocycles. The van der Waals surface area contributed by atoms with Crippen LogP contribution in [0.1, 0.15) is 6.42 Å². The molecule has 1 aromatic carbocycles. The van der Waals surface area contributed by atoms with E-state index < -0.39 is 10.0 Å². The number of aromatic nitrogens is 1. The Hall–Kier alpha value is -1.41. The van der Waals surface area contributed by atoms with Gasteiger partial charge >= 0.3 is 0 Å². The van der Waals surface area contributed by atoms with Gasteiger partial charge in [-0.15, -0.1) is 12.4 Å². The van der Waals surface area contributed by atoms with Crippen molar-refractivity contribution in [2.75, 3.05) is 26.2 Å². The minimum atomic E-state index is -3.59. The lowest BCUT2D eigenvalue weighted by molar-refractivity contribution is 0.432. The molecular formula is C14H18ClN3O3S. The monoisotopic (exact) mass is 343 g/mol. The van der Waals surface area contributed by atoms with Crippen LogP contribution in [0.15, 0.2) is 40.2 Å². The highest BCUT2D eigenvalue weighted by atomic mass is 35.5. The standard InChI is InChI=1S/C14H17N3O3S.ClH/c18-14-12-3-1-4-13(11(12)5-7-16-14)21(19,20)17-9-2-6-15-8-10-17;/h1,3-5,7,15H,2,6,8-10H2,(H,16,18);1H. The minimum absolute atomic E-state index is 0. The first-order valence-corrected chi connectivity index (χ1v) is 8.36. The summed E-state index contributed by atoms with van der Waals surface area (Å²) in [7, 11) is -3.59. The fourth-order valence-corrected chi connectivity index (χ4v) is 4.30. The maximum atomic E-state index is 12.9. The number of nitrogens with zero attached hydrogens (tertiary/aromatic N) is 1. The normalized spacial score (nSPS) is 16.9. The number of H-pyrrole nitrogens is 1. The summed E-state index contributed by atoms with van der Waals surface area (Å²) in [6.07, 6.45) is 2.26. The van der Waals surface area contributed by atoms with E-state index in [1.54, 1.807) is 24.3 Å². The predicted octanol–water partition coefficient (Wildman–Crippen LogP) is 0.934. The zero-order valence-corrected chi connectivity index (χ0v) is 13.5. The fraction of sp³-hybridized carbons (Fsp3) is 0.357. The molecule has 120 valence electrons. The third kappa shape index (κ3) is 3.03. The molecule has 0 radical (unpaired) electrons. The Morgan fingerprint density at radius 1 is 1.05 bits per heavy atom. The molecule has 1 aliphatic rings. The van der Waals surface area contributed by atoms with Crippen LogP contribution in [0.4, 0.5) is 0 Å². The molecule has 0 unspecified atom stereocenters. The van der Waals surface area contributed by atoms with Crippen LogP contribution in [-0.2, 0) is 10.0 Å². The van der Waals surface area contributed by atoms with E-state index in [0.29, 0.717) is 30.4 Å². The Bertz CT molecular complexity index is 811. The second-order valence-corrected chi connectivity index (χ2v) is 6.94. The summed E-state index contributed by atoms with van der Waals surface area (Å²) in [5, 5.41) is 4.05. The third-order valence-electron chi connectivity index (χ3n) is 3.69. The Morgan fingerprint density at radius 3 is 2.68 bits per heavy atom. The molecule has 2 heterocycles. The summed E-state index contributed by atoms with van der Waals surface area (Å²) in [4.78, 5) is 14.6. The number of hydrogen-bond acceptors (Lipinski definition) is 4. The van der Waals surface area contributed by atoms with E-state index in [1.807, 2.05) is 0 Å². The summed E-state index contributed by atoms with van der Waals surface area (Å²) in [6, 6.07) is 6.45. The second-order valence-electron chi connectivity index (χ2n) is 5.03. The molecule has 2 N–H and O–H groups in total. The number of nitrogens with one attached hydrogen (secondary N) is 2. The third-order valence-corrected chi connectivity index (χ3v) is 5.65. The van der Waals surface area contributed by atoms with E-state index >= 15 is 0 Å². The van der Waals surface area contributed by atoms with Crippen LogP contribution in [0, 0.1) is 0 Å². The Morgan fingerprint density at radius 2 is 1.86 bits per heavy atom. The van der Waals surface area contributed by atoms with E-state index in [0.717, 1.165) is 13.0 Å². The van der Waals surface area contributed by atoms with E-state index in [-0.39, 0.29) is 22.9 Å². The number of rotatable bonds is 2. The van der Waals surface area contributed by atoms with Crippen LogP contribution >= 0.6 is 12.4 Å². The number of sulfonamides is 1. The number of halogens is 1. The van der Waals surface area contributed by atoms with Gasteiger partial charge in [-0.05, 0) is 31.2 Å². The molecular weight excluding hydrogens is 326 g/mol. The molecule has 0 amide bonds. The number of pyridine rings is 1. The quantitative estimate of drug-likeness (QED) is 0.850. The van der Waals surface area contributed by atoms with Gasteiger partial charge in [0.05, 0.1) is 4.90 Å². The van der Waals surface area contributed by atoms with Crippen molar-refractivity contribution in [2.24, 2.45) is 0 Å². The first-order valence-electron chi connectivity index (χ1n) is 6.92. The molecule has 0 bridgehead atoms. The van der Waals surface area contributed by atoms with Gasteiger partial charge in [-0.2, -0.15) is 4.31 Å². The van der Waals surface area contributed by atoms with E-state index in [9.17, 15) is 13.2 Å². The van der Waals surface area contributed by atoms with Gasteiger partial charge in [-0.25, -0.2) is 8.42 Å². The number of benzene rings is 1. The molecule has 1 aromatic heterocycles. The van der Waals surface area contributed by atoms with Crippen molar-refractivity contribution < 1.29 is 8.42 Å². The topological polar surface area (TPSA) is 82.3 Å². The van der Waals surface area contributed by atoms with E-state index in [4.69, 9.17) is 0 Å². The molecule has 22 heavy (non-hydrogen) atoms. The molecule has 6 nitrogen and oxygen atoms in total. The molecule has 2 aromatic rings. The van der Waals surface area contributed by atoms with Gasteiger partial charge < -0.3 is 10.3 Å². The molecule has 3 rings (SSSR count). The van der Waals surface area contributed by atoms with Crippen LogP contribution < -0.4 is 10.9 Å². The van der Waals surface area contributed by atoms with Crippen molar-refractivity contribution in [1.29, 1.82) is 0 Å². The lowest BCUT2D eigenvalue weighted by Gasteiger charge is -2.20. The van der Waals surface area contributed by atoms with Crippen LogP contribution in [-0.4, -0.2) is 43.9 Å². The summed E-state index contributed by atoms with van der Waals surface area (Å²) in [5.74, 6) is 0. The van der Waals surface area contributed by atoms with E-state index in [2.05, 4.69) is 10.3 Å². The Kier molecular flexibility index (Phi) is 5.23. The maximum absolute atomic E-state index is 12.9. The zero-order valence-electron chi connectivity index (χ0n) is 11.9. The van der Waals surface area contributed by atoms with Gasteiger partial charge in [0, 0.05) is 36.6 Å². The van der Waals surface area contributed by atoms with Crippen molar-refractivity contribution in [1.82, 2.24) is 14.6 Å². The van der Waals surface area contributed by atoms with Crippen LogP contribution in [0.5, 0.6) is 0 Å². The first kappa shape index (κ1) is 17.0. The summed E-state index contributed by atoms with van der Waals surface area (Å²) >= 11 is 0. The predicted molar refractivity (Wildman–Crippen MR) is 88.1 cm³/mol. The van der Waals surface area contributed by atoms with Gasteiger partial charge in [0.15, 0.2) is 0 Å². The van der Waals surface area contributed by atoms with Gasteiger partial charge in [0.2, 0.25) is 10.0 Å². The second kappa shape index (κ2) is 6.78. The molecule has 1 saturated heterocycles. The molecule has 8 heteroatoms. The zero-order chi connectivity index (χ0) is 14.9. The average molecular weight is 344 g/mol. The minimum Gasteiger partial charge on any atom is -0.329 e. The van der Waals surface area contributed by atoms with Gasteiger partial charge in [0.1, 0.15) is 0 Å². The molecule has 1 aliphatic heterocycles. The highest BCUT2D eigenvalue weighted by molar-refractivity contribution is 7.89. The number of fused-ring (bicyclic) bond motifs is 1. The van der Waals surface area contributed by atoms with Gasteiger partial charge in [-0.1, -0.05) is 6.07 Å². The molecule has 1 fully saturated rings. The Labute approximate surface area is 135 Å². The highest BCUT2D eigenvalue weighted by Gasteiger charge is 2.26. The van der Waals surface area contributed by atoms with Gasteiger partial charge in [-0.3, -0.25) is 4.79 Å². The van der Waals surface area contributed by atoms with Crippen molar-refractivity contribution >= 4 is 33.2 Å². The van der Waals surface area contributed by atoms with Crippen molar-refractivity contribution in [3.8, 4) is 0 Å². The average Bonchev–Trinajstić information content (AvgIpc) is 2.77. The molecule has 0 atom stereocenters. The maximum Gasteiger partial charge on any atom is 0.255 e. The van der Waals surface area contributed by atoms with Crippen molar-refractivity contribution in [3.05, 3.63) is 40.8 Å². The van der Waals surface area contributed by atoms with Crippen molar-refractivity contribution in [3.63, 3.8) is 0 Å². The smallest absolute Gasteiger partial charge is 0.255 e. The lowest BCUT2D eigenvalue weighted by atomic mass is 10.2. The van der Waals surface area contributed by atoms with Crippen LogP contribution in [0.3, 0.4) is 0 Å². The Balaban J connectivity index is 0.00000176. The molecule has 0 spiro atoms. The lowest BCUT2D eigenvalue weighted by Crippen LogP contribution is -2.34. The first-order chi connectivity index (χ1) is 10.1.